The minimum absolute atomic E-state index is 0.0495. The van der Waals surface area contributed by atoms with E-state index in [0.717, 1.165) is 19.4 Å². The molecule has 0 spiro atoms. The lowest BCUT2D eigenvalue weighted by molar-refractivity contribution is 0.104. The topological polar surface area (TPSA) is 61.7 Å². The van der Waals surface area contributed by atoms with E-state index in [2.05, 4.69) is 5.32 Å². The second kappa shape index (κ2) is 8.85. The van der Waals surface area contributed by atoms with E-state index in [0.29, 0.717) is 6.54 Å². The molecule has 0 aliphatic heterocycles. The third kappa shape index (κ3) is 5.95. The van der Waals surface area contributed by atoms with Crippen molar-refractivity contribution in [2.24, 2.45) is 0 Å². The van der Waals surface area contributed by atoms with Gasteiger partial charge in [0.15, 0.2) is 11.6 Å². The zero-order valence-corrected chi connectivity index (χ0v) is 10.3. The Morgan fingerprint density at radius 2 is 2.06 bits per heavy atom. The monoisotopic (exact) mass is 257 g/mol. The van der Waals surface area contributed by atoms with E-state index in [1.165, 1.54) is 12.1 Å². The van der Waals surface area contributed by atoms with Crippen LogP contribution in [0.4, 0.5) is 4.39 Å². The summed E-state index contributed by atoms with van der Waals surface area (Å²) >= 11 is 0. The average Bonchev–Trinajstić information content (AvgIpc) is 2.37. The van der Waals surface area contributed by atoms with E-state index in [4.69, 9.17) is 9.84 Å². The molecule has 5 heteroatoms. The second-order valence-electron chi connectivity index (χ2n) is 4.03. The van der Waals surface area contributed by atoms with Crippen LogP contribution in [0.3, 0.4) is 0 Å². The first-order valence-corrected chi connectivity index (χ1v) is 6.11. The standard InChI is InChI=1S/C13H20FNO3/c14-12-5-1-2-6-13(12)18-10-11(17)9-15-7-3-4-8-16/h1-2,5-6,11,15-17H,3-4,7-10H2. The summed E-state index contributed by atoms with van der Waals surface area (Å²) in [7, 11) is 0. The fourth-order valence-electron chi connectivity index (χ4n) is 1.44. The number of para-hydroxylation sites is 1. The fourth-order valence-corrected chi connectivity index (χ4v) is 1.44. The molecule has 0 aliphatic rings. The van der Waals surface area contributed by atoms with Gasteiger partial charge in [0.25, 0.3) is 0 Å². The van der Waals surface area contributed by atoms with Crippen molar-refractivity contribution in [1.29, 1.82) is 0 Å². The van der Waals surface area contributed by atoms with Crippen LogP contribution in [0.25, 0.3) is 0 Å². The summed E-state index contributed by atoms with van der Waals surface area (Å²) in [5, 5.41) is 21.2. The Morgan fingerprint density at radius 1 is 1.28 bits per heavy atom. The van der Waals surface area contributed by atoms with Gasteiger partial charge in [-0.3, -0.25) is 0 Å². The number of ether oxygens (including phenoxy) is 1. The first-order valence-electron chi connectivity index (χ1n) is 6.11. The summed E-state index contributed by atoms with van der Waals surface area (Å²) in [4.78, 5) is 0. The second-order valence-corrected chi connectivity index (χ2v) is 4.03. The zero-order valence-electron chi connectivity index (χ0n) is 10.3. The van der Waals surface area contributed by atoms with Crippen LogP contribution in [0.5, 0.6) is 5.75 Å². The molecule has 1 aromatic rings. The van der Waals surface area contributed by atoms with Gasteiger partial charge < -0.3 is 20.3 Å². The van der Waals surface area contributed by atoms with Crippen molar-refractivity contribution in [3.05, 3.63) is 30.1 Å². The third-order valence-corrected chi connectivity index (χ3v) is 2.41. The van der Waals surface area contributed by atoms with Gasteiger partial charge in [-0.1, -0.05) is 12.1 Å². The molecule has 0 amide bonds. The van der Waals surface area contributed by atoms with E-state index >= 15 is 0 Å². The molecular formula is C13H20FNO3. The van der Waals surface area contributed by atoms with E-state index in [9.17, 15) is 9.50 Å². The van der Waals surface area contributed by atoms with E-state index in [-0.39, 0.29) is 19.0 Å². The summed E-state index contributed by atoms with van der Waals surface area (Å²) in [6.07, 6.45) is 0.922. The quantitative estimate of drug-likeness (QED) is 0.576. The summed E-state index contributed by atoms with van der Waals surface area (Å²) in [6, 6.07) is 6.10. The normalized spacial score (nSPS) is 12.4. The van der Waals surface area contributed by atoms with Crippen LogP contribution in [0.15, 0.2) is 24.3 Å². The van der Waals surface area contributed by atoms with Gasteiger partial charge in [-0.25, -0.2) is 4.39 Å². The Labute approximate surface area is 106 Å². The van der Waals surface area contributed by atoms with E-state index < -0.39 is 11.9 Å². The number of aliphatic hydroxyl groups excluding tert-OH is 2. The first-order chi connectivity index (χ1) is 8.74. The van der Waals surface area contributed by atoms with Gasteiger partial charge in [0.2, 0.25) is 0 Å². The van der Waals surface area contributed by atoms with Crippen LogP contribution in [0.2, 0.25) is 0 Å². The van der Waals surface area contributed by atoms with E-state index in [1.54, 1.807) is 12.1 Å². The Hall–Kier alpha value is -1.17. The number of unbranched alkanes of at least 4 members (excludes halogenated alkanes) is 1. The molecule has 0 radical (unpaired) electrons. The highest BCUT2D eigenvalue weighted by Gasteiger charge is 2.07. The highest BCUT2D eigenvalue weighted by Crippen LogP contribution is 2.15. The Bertz CT molecular complexity index is 336. The summed E-state index contributed by atoms with van der Waals surface area (Å²) < 4.78 is 18.4. The van der Waals surface area contributed by atoms with Crippen LogP contribution in [-0.4, -0.2) is 42.6 Å². The molecule has 4 nitrogen and oxygen atoms in total. The summed E-state index contributed by atoms with van der Waals surface area (Å²) in [5.41, 5.74) is 0. The number of halogens is 1. The summed E-state index contributed by atoms with van der Waals surface area (Å²) in [5.74, 6) is -0.280. The van der Waals surface area contributed by atoms with Crippen LogP contribution < -0.4 is 10.1 Å². The van der Waals surface area contributed by atoms with Gasteiger partial charge in [-0.15, -0.1) is 0 Å². The molecule has 3 N–H and O–H groups in total. The minimum Gasteiger partial charge on any atom is -0.488 e. The zero-order chi connectivity index (χ0) is 13.2. The Morgan fingerprint density at radius 3 is 2.78 bits per heavy atom. The molecule has 0 saturated heterocycles. The minimum atomic E-state index is -0.682. The van der Waals surface area contributed by atoms with Crippen molar-refractivity contribution in [3.63, 3.8) is 0 Å². The molecule has 0 saturated carbocycles. The first kappa shape index (κ1) is 14.9. The molecule has 0 aromatic heterocycles. The lowest BCUT2D eigenvalue weighted by atomic mass is 10.3. The van der Waals surface area contributed by atoms with Gasteiger partial charge in [0, 0.05) is 13.2 Å². The number of rotatable bonds is 9. The van der Waals surface area contributed by atoms with Gasteiger partial charge >= 0.3 is 0 Å². The highest BCUT2D eigenvalue weighted by molar-refractivity contribution is 5.23. The molecule has 0 bridgehead atoms. The van der Waals surface area contributed by atoms with Crippen molar-refractivity contribution in [3.8, 4) is 5.75 Å². The van der Waals surface area contributed by atoms with Crippen molar-refractivity contribution in [1.82, 2.24) is 5.32 Å². The SMILES string of the molecule is OCCCCNCC(O)COc1ccccc1F. The maximum Gasteiger partial charge on any atom is 0.165 e. The number of hydrogen-bond acceptors (Lipinski definition) is 4. The third-order valence-electron chi connectivity index (χ3n) is 2.41. The molecule has 1 atom stereocenters. The molecular weight excluding hydrogens is 237 g/mol. The largest absolute Gasteiger partial charge is 0.488 e. The lowest BCUT2D eigenvalue weighted by Gasteiger charge is -2.13. The number of nitrogens with one attached hydrogen (secondary N) is 1. The van der Waals surface area contributed by atoms with Crippen molar-refractivity contribution in [2.45, 2.75) is 18.9 Å². The predicted octanol–water partition coefficient (Wildman–Crippen LogP) is 0.927. The lowest BCUT2D eigenvalue weighted by Crippen LogP contribution is -2.32. The molecule has 102 valence electrons. The number of benzene rings is 1. The smallest absolute Gasteiger partial charge is 0.165 e. The fraction of sp³-hybridized carbons (Fsp3) is 0.538. The molecule has 0 aliphatic carbocycles. The van der Waals surface area contributed by atoms with Crippen molar-refractivity contribution < 1.29 is 19.3 Å². The maximum absolute atomic E-state index is 13.2. The van der Waals surface area contributed by atoms with Crippen LogP contribution >= 0.6 is 0 Å². The van der Waals surface area contributed by atoms with E-state index in [1.807, 2.05) is 0 Å². The number of hydrogen-bond donors (Lipinski definition) is 3. The predicted molar refractivity (Wildman–Crippen MR) is 67.1 cm³/mol. The molecule has 18 heavy (non-hydrogen) atoms. The van der Waals surface area contributed by atoms with Crippen LogP contribution in [0, 0.1) is 5.82 Å². The Kier molecular flexibility index (Phi) is 7.32. The van der Waals surface area contributed by atoms with Gasteiger partial charge in [0.1, 0.15) is 12.7 Å². The van der Waals surface area contributed by atoms with Gasteiger partial charge in [-0.05, 0) is 31.5 Å². The van der Waals surface area contributed by atoms with Crippen LogP contribution in [-0.2, 0) is 0 Å². The maximum atomic E-state index is 13.2. The molecule has 1 rings (SSSR count). The highest BCUT2D eigenvalue weighted by atomic mass is 19.1. The Balaban J connectivity index is 2.13. The molecule has 0 heterocycles. The molecule has 0 fully saturated rings. The van der Waals surface area contributed by atoms with Crippen LogP contribution in [0.1, 0.15) is 12.8 Å². The van der Waals surface area contributed by atoms with Gasteiger partial charge in [-0.2, -0.15) is 0 Å². The van der Waals surface area contributed by atoms with Crippen molar-refractivity contribution >= 4 is 0 Å². The molecule has 1 aromatic carbocycles. The van der Waals surface area contributed by atoms with Gasteiger partial charge in [0.05, 0.1) is 0 Å². The number of aliphatic hydroxyl groups is 2. The summed E-state index contributed by atoms with van der Waals surface area (Å²) in [6.45, 7) is 1.35. The average molecular weight is 257 g/mol. The molecule has 1 unspecified atom stereocenters. The van der Waals surface area contributed by atoms with Crippen molar-refractivity contribution in [2.75, 3.05) is 26.3 Å².